The molecule has 2 saturated carbocycles. The summed E-state index contributed by atoms with van der Waals surface area (Å²) in [4.78, 5) is 16.9. The first-order valence-electron chi connectivity index (χ1n) is 10.4. The Hall–Kier alpha value is -2.41. The standard InChI is InChI=1S/C21H27N5O2/c27-21(25-19-7-6-16(12-22-19)15-2-1-3-15)24-17-9-11-28-20(17)18-8-10-23-26(18)13-14-4-5-14/h6-8,10,12,14-15,17,20H,1-5,9,11,13H2,(H2,22,24,25,27)/t17-,20-/m1/s1. The minimum Gasteiger partial charge on any atom is -0.370 e. The molecule has 2 N–H and O–H groups in total. The molecule has 0 bridgehead atoms. The number of urea groups is 1. The van der Waals surface area contributed by atoms with Crippen LogP contribution in [0.3, 0.4) is 0 Å². The van der Waals surface area contributed by atoms with Crippen molar-refractivity contribution in [1.29, 1.82) is 0 Å². The Morgan fingerprint density at radius 2 is 2.07 bits per heavy atom. The second-order valence-corrected chi connectivity index (χ2v) is 8.27. The number of aromatic nitrogens is 3. The molecule has 3 fully saturated rings. The number of carbonyl (C=O) groups excluding carboxylic acids is 1. The summed E-state index contributed by atoms with van der Waals surface area (Å²) < 4.78 is 7.99. The highest BCUT2D eigenvalue weighted by Gasteiger charge is 2.34. The third kappa shape index (κ3) is 3.76. The lowest BCUT2D eigenvalue weighted by molar-refractivity contribution is 0.0926. The molecular formula is C21H27N5O2. The number of anilines is 1. The Morgan fingerprint density at radius 3 is 2.79 bits per heavy atom. The van der Waals surface area contributed by atoms with Crippen LogP contribution in [0.5, 0.6) is 0 Å². The zero-order valence-corrected chi connectivity index (χ0v) is 16.0. The predicted octanol–water partition coefficient (Wildman–Crippen LogP) is 3.61. The lowest BCUT2D eigenvalue weighted by Crippen LogP contribution is -2.40. The van der Waals surface area contributed by atoms with Gasteiger partial charge in [-0.25, -0.2) is 9.78 Å². The average Bonchev–Trinajstić information content (AvgIpc) is 3.15. The van der Waals surface area contributed by atoms with Crippen molar-refractivity contribution in [3.05, 3.63) is 41.9 Å². The van der Waals surface area contributed by atoms with Gasteiger partial charge in [0, 0.05) is 25.5 Å². The van der Waals surface area contributed by atoms with Crippen molar-refractivity contribution in [2.75, 3.05) is 11.9 Å². The molecule has 3 aliphatic rings. The Balaban J connectivity index is 1.20. The van der Waals surface area contributed by atoms with Crippen LogP contribution < -0.4 is 10.6 Å². The second-order valence-electron chi connectivity index (χ2n) is 8.27. The maximum Gasteiger partial charge on any atom is 0.320 e. The quantitative estimate of drug-likeness (QED) is 0.801. The first-order chi connectivity index (χ1) is 13.8. The van der Waals surface area contributed by atoms with Crippen LogP contribution in [0.1, 0.15) is 61.8 Å². The van der Waals surface area contributed by atoms with Gasteiger partial charge in [-0.1, -0.05) is 12.5 Å². The Morgan fingerprint density at radius 1 is 1.18 bits per heavy atom. The molecule has 3 heterocycles. The van der Waals surface area contributed by atoms with Crippen LogP contribution in [0.4, 0.5) is 10.6 Å². The van der Waals surface area contributed by atoms with Gasteiger partial charge in [0.1, 0.15) is 11.9 Å². The van der Waals surface area contributed by atoms with E-state index in [-0.39, 0.29) is 18.2 Å². The molecule has 7 heteroatoms. The molecule has 2 aromatic rings. The van der Waals surface area contributed by atoms with Gasteiger partial charge in [0.15, 0.2) is 0 Å². The van der Waals surface area contributed by atoms with E-state index in [4.69, 9.17) is 4.74 Å². The fourth-order valence-corrected chi connectivity index (χ4v) is 4.09. The summed E-state index contributed by atoms with van der Waals surface area (Å²) in [5.41, 5.74) is 2.32. The topological polar surface area (TPSA) is 81.1 Å². The Labute approximate surface area is 164 Å². The first kappa shape index (κ1) is 17.7. The normalized spacial score (nSPS) is 24.7. The molecule has 2 aromatic heterocycles. The maximum absolute atomic E-state index is 12.5. The number of nitrogens with one attached hydrogen (secondary N) is 2. The number of pyridine rings is 1. The van der Waals surface area contributed by atoms with E-state index in [9.17, 15) is 4.79 Å². The van der Waals surface area contributed by atoms with Crippen molar-refractivity contribution >= 4 is 11.8 Å². The number of amides is 2. The number of nitrogens with zero attached hydrogens (tertiary/aromatic N) is 3. The highest BCUT2D eigenvalue weighted by atomic mass is 16.5. The molecule has 1 saturated heterocycles. The second kappa shape index (κ2) is 7.54. The van der Waals surface area contributed by atoms with Crippen LogP contribution in [0, 0.1) is 5.92 Å². The van der Waals surface area contributed by atoms with Crippen LogP contribution >= 0.6 is 0 Å². The van der Waals surface area contributed by atoms with E-state index in [0.29, 0.717) is 18.3 Å². The van der Waals surface area contributed by atoms with Gasteiger partial charge in [-0.15, -0.1) is 0 Å². The van der Waals surface area contributed by atoms with E-state index in [1.54, 1.807) is 0 Å². The molecule has 2 aliphatic carbocycles. The van der Waals surface area contributed by atoms with Crippen LogP contribution in [0.15, 0.2) is 30.6 Å². The van der Waals surface area contributed by atoms with Gasteiger partial charge >= 0.3 is 6.03 Å². The SMILES string of the molecule is O=C(Nc1ccc(C2CCC2)cn1)N[C@@H]1CCO[C@H]1c1ccnn1CC1CC1. The summed E-state index contributed by atoms with van der Waals surface area (Å²) in [5.74, 6) is 1.96. The van der Waals surface area contributed by atoms with Crippen molar-refractivity contribution in [2.45, 2.75) is 63.1 Å². The minimum atomic E-state index is -0.238. The van der Waals surface area contributed by atoms with Gasteiger partial charge in [0.05, 0.1) is 11.7 Å². The Kier molecular flexibility index (Phi) is 4.76. The Bertz CT molecular complexity index is 826. The van der Waals surface area contributed by atoms with Crippen LogP contribution in [0.25, 0.3) is 0 Å². The fourth-order valence-electron chi connectivity index (χ4n) is 4.09. The lowest BCUT2D eigenvalue weighted by Gasteiger charge is -2.25. The van der Waals surface area contributed by atoms with Crippen molar-refractivity contribution in [2.24, 2.45) is 5.92 Å². The minimum absolute atomic E-state index is 0.0658. The summed E-state index contributed by atoms with van der Waals surface area (Å²) >= 11 is 0. The van der Waals surface area contributed by atoms with Crippen molar-refractivity contribution in [3.63, 3.8) is 0 Å². The fraction of sp³-hybridized carbons (Fsp3) is 0.571. The molecule has 2 amide bonds. The zero-order chi connectivity index (χ0) is 18.9. The summed E-state index contributed by atoms with van der Waals surface area (Å²) in [7, 11) is 0. The molecule has 148 valence electrons. The van der Waals surface area contributed by atoms with E-state index in [1.807, 2.05) is 29.2 Å². The number of ether oxygens (including phenoxy) is 1. The molecular weight excluding hydrogens is 354 g/mol. The molecule has 0 unspecified atom stereocenters. The van der Waals surface area contributed by atoms with Gasteiger partial charge in [-0.2, -0.15) is 5.10 Å². The third-order valence-electron chi connectivity index (χ3n) is 6.18. The molecule has 5 rings (SSSR count). The smallest absolute Gasteiger partial charge is 0.320 e. The highest BCUT2D eigenvalue weighted by molar-refractivity contribution is 5.88. The van der Waals surface area contributed by atoms with Gasteiger partial charge in [-0.05, 0) is 61.6 Å². The van der Waals surface area contributed by atoms with Gasteiger partial charge in [0.2, 0.25) is 0 Å². The van der Waals surface area contributed by atoms with E-state index in [0.717, 1.165) is 24.6 Å². The molecule has 0 spiro atoms. The van der Waals surface area contributed by atoms with E-state index in [2.05, 4.69) is 26.8 Å². The van der Waals surface area contributed by atoms with Crippen LogP contribution in [0.2, 0.25) is 0 Å². The van der Waals surface area contributed by atoms with Gasteiger partial charge < -0.3 is 10.1 Å². The monoisotopic (exact) mass is 381 g/mol. The molecule has 28 heavy (non-hydrogen) atoms. The summed E-state index contributed by atoms with van der Waals surface area (Å²) in [6, 6.07) is 5.66. The van der Waals surface area contributed by atoms with Crippen LogP contribution in [-0.4, -0.2) is 33.4 Å². The third-order valence-corrected chi connectivity index (χ3v) is 6.18. The van der Waals surface area contributed by atoms with E-state index < -0.39 is 0 Å². The van der Waals surface area contributed by atoms with Gasteiger partial charge in [0.25, 0.3) is 0 Å². The number of hydrogen-bond donors (Lipinski definition) is 2. The number of carbonyl (C=O) groups is 1. The highest BCUT2D eigenvalue weighted by Crippen LogP contribution is 2.36. The summed E-state index contributed by atoms with van der Waals surface area (Å²) in [5, 5.41) is 10.4. The summed E-state index contributed by atoms with van der Waals surface area (Å²) in [6.45, 7) is 1.58. The molecule has 0 radical (unpaired) electrons. The summed E-state index contributed by atoms with van der Waals surface area (Å²) in [6.07, 6.45) is 10.7. The zero-order valence-electron chi connectivity index (χ0n) is 16.0. The largest absolute Gasteiger partial charge is 0.370 e. The van der Waals surface area contributed by atoms with Crippen LogP contribution in [-0.2, 0) is 11.3 Å². The van der Waals surface area contributed by atoms with Crippen molar-refractivity contribution in [3.8, 4) is 0 Å². The van der Waals surface area contributed by atoms with E-state index >= 15 is 0 Å². The molecule has 2 atom stereocenters. The number of rotatable bonds is 6. The lowest BCUT2D eigenvalue weighted by atomic mass is 9.81. The molecule has 7 nitrogen and oxygen atoms in total. The van der Waals surface area contributed by atoms with E-state index in [1.165, 1.54) is 37.7 Å². The average molecular weight is 381 g/mol. The predicted molar refractivity (Wildman–Crippen MR) is 105 cm³/mol. The van der Waals surface area contributed by atoms with Crippen molar-refractivity contribution in [1.82, 2.24) is 20.1 Å². The van der Waals surface area contributed by atoms with Gasteiger partial charge in [-0.3, -0.25) is 10.00 Å². The maximum atomic E-state index is 12.5. The van der Waals surface area contributed by atoms with Crippen molar-refractivity contribution < 1.29 is 9.53 Å². The molecule has 0 aromatic carbocycles. The number of hydrogen-bond acceptors (Lipinski definition) is 4. The molecule has 1 aliphatic heterocycles. The first-order valence-corrected chi connectivity index (χ1v) is 10.4.